The number of nitrogens with two attached hydrogens (primary N) is 1. The zero-order valence-corrected chi connectivity index (χ0v) is 7.60. The maximum atomic E-state index is 12.8. The van der Waals surface area contributed by atoms with Crippen LogP contribution in [0.5, 0.6) is 0 Å². The molecule has 7 heteroatoms. The van der Waals surface area contributed by atoms with Crippen molar-refractivity contribution < 1.29 is 27.5 Å². The van der Waals surface area contributed by atoms with E-state index in [2.05, 4.69) is 0 Å². The summed E-state index contributed by atoms with van der Waals surface area (Å²) in [6.45, 7) is 1.65. The van der Waals surface area contributed by atoms with E-state index in [1.165, 1.54) is 0 Å². The highest BCUT2D eigenvalue weighted by Gasteiger charge is 2.53. The molecule has 2 atom stereocenters. The maximum Gasteiger partial charge on any atom is 0.420 e. The summed E-state index contributed by atoms with van der Waals surface area (Å²) in [4.78, 5) is 10.3. The van der Waals surface area contributed by atoms with Crippen LogP contribution in [0.4, 0.5) is 17.6 Å². The molecule has 2 unspecified atom stereocenters. The number of hydrogen-bond donors (Lipinski definition) is 2. The van der Waals surface area contributed by atoms with Crippen molar-refractivity contribution in [3.63, 3.8) is 0 Å². The third-order valence-corrected chi connectivity index (χ3v) is 2.01. The van der Waals surface area contributed by atoms with Crippen molar-refractivity contribution in [2.24, 2.45) is 11.1 Å². The molecule has 3 N–H and O–H groups in total. The van der Waals surface area contributed by atoms with Crippen LogP contribution in [0.25, 0.3) is 0 Å². The van der Waals surface area contributed by atoms with Crippen LogP contribution >= 0.6 is 0 Å². The molecule has 84 valence electrons. The average molecular weight is 217 g/mol. The Balaban J connectivity index is 4.86. The smallest absolute Gasteiger partial charge is 0.420 e. The molecule has 0 saturated carbocycles. The molecule has 0 radical (unpaired) electrons. The third-order valence-electron chi connectivity index (χ3n) is 2.01. The minimum Gasteiger partial charge on any atom is -0.480 e. The predicted octanol–water partition coefficient (Wildman–Crippen LogP) is 1.32. The molecule has 0 heterocycles. The SMILES string of the molecule is CC(C)(C(N)C(=O)O)C(F)C(F)(F)F. The number of rotatable bonds is 3. The monoisotopic (exact) mass is 217 g/mol. The first-order valence-electron chi connectivity index (χ1n) is 3.70. The van der Waals surface area contributed by atoms with E-state index in [0.29, 0.717) is 0 Å². The van der Waals surface area contributed by atoms with E-state index >= 15 is 0 Å². The lowest BCUT2D eigenvalue weighted by Gasteiger charge is -2.32. The summed E-state index contributed by atoms with van der Waals surface area (Å²) < 4.78 is 48.7. The zero-order valence-electron chi connectivity index (χ0n) is 7.60. The van der Waals surface area contributed by atoms with Crippen molar-refractivity contribution in [1.29, 1.82) is 0 Å². The van der Waals surface area contributed by atoms with Gasteiger partial charge in [0.1, 0.15) is 6.04 Å². The largest absolute Gasteiger partial charge is 0.480 e. The molecule has 0 amide bonds. The van der Waals surface area contributed by atoms with E-state index in [1.807, 2.05) is 0 Å². The van der Waals surface area contributed by atoms with Gasteiger partial charge in [-0.1, -0.05) is 13.8 Å². The van der Waals surface area contributed by atoms with Crippen molar-refractivity contribution in [1.82, 2.24) is 0 Å². The van der Waals surface area contributed by atoms with Gasteiger partial charge in [0.05, 0.1) is 0 Å². The average Bonchev–Trinajstić information content (AvgIpc) is 1.99. The Bertz CT molecular complexity index is 226. The molecule has 0 rings (SSSR count). The molecule has 0 aromatic heterocycles. The third kappa shape index (κ3) is 2.57. The lowest BCUT2D eigenvalue weighted by atomic mass is 9.80. The fourth-order valence-corrected chi connectivity index (χ4v) is 0.898. The van der Waals surface area contributed by atoms with Gasteiger partial charge in [-0.15, -0.1) is 0 Å². The van der Waals surface area contributed by atoms with Crippen LogP contribution in [0.3, 0.4) is 0 Å². The first kappa shape index (κ1) is 13.2. The Morgan fingerprint density at radius 2 is 1.71 bits per heavy atom. The minimum absolute atomic E-state index is 0.823. The van der Waals surface area contributed by atoms with Crippen LogP contribution in [-0.2, 0) is 4.79 Å². The van der Waals surface area contributed by atoms with Gasteiger partial charge >= 0.3 is 12.1 Å². The zero-order chi connectivity index (χ0) is 11.7. The van der Waals surface area contributed by atoms with Crippen molar-refractivity contribution in [3.8, 4) is 0 Å². The van der Waals surface area contributed by atoms with E-state index < -0.39 is 29.8 Å². The number of hydrogen-bond acceptors (Lipinski definition) is 2. The first-order chi connectivity index (χ1) is 6.01. The van der Waals surface area contributed by atoms with E-state index in [0.717, 1.165) is 13.8 Å². The van der Waals surface area contributed by atoms with Crippen LogP contribution in [0.1, 0.15) is 13.8 Å². The van der Waals surface area contributed by atoms with Crippen molar-refractivity contribution >= 4 is 5.97 Å². The lowest BCUT2D eigenvalue weighted by Crippen LogP contribution is -2.53. The number of halogens is 4. The second-order valence-electron chi connectivity index (χ2n) is 3.54. The molecular weight excluding hydrogens is 206 g/mol. The Morgan fingerprint density at radius 3 is 1.93 bits per heavy atom. The molecule has 0 aliphatic heterocycles. The number of carboxylic acid groups (broad SMARTS) is 1. The molecule has 0 fully saturated rings. The van der Waals surface area contributed by atoms with Gasteiger partial charge in [-0.25, -0.2) is 4.39 Å². The maximum absolute atomic E-state index is 12.8. The summed E-state index contributed by atoms with van der Waals surface area (Å²) >= 11 is 0. The quantitative estimate of drug-likeness (QED) is 0.701. The van der Waals surface area contributed by atoms with E-state index in [1.54, 1.807) is 0 Å². The standard InChI is InChI=1S/C7H11F4NO2/c1-6(2,3(12)4(13)14)5(8)7(9,10)11/h3,5H,12H2,1-2H3,(H,13,14). The molecule has 0 aromatic carbocycles. The predicted molar refractivity (Wildman–Crippen MR) is 40.3 cm³/mol. The number of carbonyl (C=O) groups is 1. The van der Waals surface area contributed by atoms with Crippen LogP contribution in [0.2, 0.25) is 0 Å². The van der Waals surface area contributed by atoms with Gasteiger partial charge in [0.25, 0.3) is 0 Å². The van der Waals surface area contributed by atoms with Crippen LogP contribution in [-0.4, -0.2) is 29.5 Å². The van der Waals surface area contributed by atoms with Crippen molar-refractivity contribution in [2.75, 3.05) is 0 Å². The lowest BCUT2D eigenvalue weighted by molar-refractivity contribution is -0.212. The molecule has 0 saturated heterocycles. The van der Waals surface area contributed by atoms with Gasteiger partial charge in [-0.3, -0.25) is 4.79 Å². The van der Waals surface area contributed by atoms with Gasteiger partial charge < -0.3 is 10.8 Å². The normalized spacial score (nSPS) is 17.6. The highest BCUT2D eigenvalue weighted by molar-refractivity contribution is 5.74. The molecule has 0 spiro atoms. The van der Waals surface area contributed by atoms with E-state index in [4.69, 9.17) is 10.8 Å². The van der Waals surface area contributed by atoms with Crippen LogP contribution in [0.15, 0.2) is 0 Å². The van der Waals surface area contributed by atoms with E-state index in [-0.39, 0.29) is 0 Å². The fourth-order valence-electron chi connectivity index (χ4n) is 0.898. The van der Waals surface area contributed by atoms with Gasteiger partial charge in [-0.05, 0) is 0 Å². The number of aliphatic carboxylic acids is 1. The highest BCUT2D eigenvalue weighted by atomic mass is 19.4. The Hall–Kier alpha value is -0.850. The van der Waals surface area contributed by atoms with Gasteiger partial charge in [0, 0.05) is 5.41 Å². The molecule has 3 nitrogen and oxygen atoms in total. The summed E-state index contributed by atoms with van der Waals surface area (Å²) in [5.41, 5.74) is 2.76. The molecule has 0 bridgehead atoms. The summed E-state index contributed by atoms with van der Waals surface area (Å²) in [6, 6.07) is -1.90. The van der Waals surface area contributed by atoms with Crippen LogP contribution < -0.4 is 5.73 Å². The molecule has 0 aliphatic carbocycles. The summed E-state index contributed by atoms with van der Waals surface area (Å²) in [7, 11) is 0. The van der Waals surface area contributed by atoms with Crippen molar-refractivity contribution in [3.05, 3.63) is 0 Å². The first-order valence-corrected chi connectivity index (χ1v) is 3.70. The Morgan fingerprint density at radius 1 is 1.36 bits per heavy atom. The fraction of sp³-hybridized carbons (Fsp3) is 0.857. The highest BCUT2D eigenvalue weighted by Crippen LogP contribution is 2.38. The van der Waals surface area contributed by atoms with Gasteiger partial charge in [-0.2, -0.15) is 13.2 Å². The molecule has 0 aliphatic rings. The minimum atomic E-state index is -5.10. The summed E-state index contributed by atoms with van der Waals surface area (Å²) in [5, 5.41) is 8.37. The molecular formula is C7H11F4NO2. The van der Waals surface area contributed by atoms with Crippen LogP contribution in [0, 0.1) is 5.41 Å². The Labute approximate surface area is 77.9 Å². The van der Waals surface area contributed by atoms with Gasteiger partial charge in [0.15, 0.2) is 0 Å². The molecule has 14 heavy (non-hydrogen) atoms. The van der Waals surface area contributed by atoms with Crippen molar-refractivity contribution in [2.45, 2.75) is 32.2 Å². The number of alkyl halides is 4. The second-order valence-corrected chi connectivity index (χ2v) is 3.54. The number of carboxylic acids is 1. The Kier molecular flexibility index (Phi) is 3.49. The van der Waals surface area contributed by atoms with Gasteiger partial charge in [0.2, 0.25) is 6.17 Å². The summed E-state index contributed by atoms with van der Waals surface area (Å²) in [6.07, 6.45) is -8.36. The second kappa shape index (κ2) is 3.72. The van der Waals surface area contributed by atoms with E-state index in [9.17, 15) is 22.4 Å². The summed E-state index contributed by atoms with van der Waals surface area (Å²) in [5.74, 6) is -1.66. The topological polar surface area (TPSA) is 63.3 Å². The molecule has 0 aromatic rings.